The monoisotopic (exact) mass is 281 g/mol. The summed E-state index contributed by atoms with van der Waals surface area (Å²) in [5.74, 6) is -0.000655. The Morgan fingerprint density at radius 3 is 2.50 bits per heavy atom. The molecule has 1 aromatic heterocycles. The van der Waals surface area contributed by atoms with Crippen LogP contribution in [0.4, 0.5) is 0 Å². The van der Waals surface area contributed by atoms with E-state index in [-0.39, 0.29) is 5.91 Å². The molecule has 0 aliphatic heterocycles. The topological polar surface area (TPSA) is 29.1 Å². The van der Waals surface area contributed by atoms with Crippen LogP contribution in [0.25, 0.3) is 20.5 Å². The number of hydrogen-bond acceptors (Lipinski definition) is 2. The maximum absolute atomic E-state index is 11.2. The Balaban J connectivity index is 2.15. The number of amides is 1. The summed E-state index contributed by atoms with van der Waals surface area (Å²) in [7, 11) is 0. The Kier molecular flexibility index (Phi) is 3.52. The van der Waals surface area contributed by atoms with Crippen LogP contribution in [0.15, 0.2) is 54.6 Å². The van der Waals surface area contributed by atoms with E-state index in [1.165, 1.54) is 26.1 Å². The number of thiophene rings is 1. The Bertz CT molecular complexity index is 746. The molecule has 0 fully saturated rings. The van der Waals surface area contributed by atoms with Crippen LogP contribution in [0.1, 0.15) is 12.5 Å². The minimum absolute atomic E-state index is 0.000655. The minimum atomic E-state index is -0.000655. The summed E-state index contributed by atoms with van der Waals surface area (Å²) in [6.07, 6.45) is 0. The van der Waals surface area contributed by atoms with Gasteiger partial charge in [-0.2, -0.15) is 0 Å². The molecular formula is C17H15NOS. The lowest BCUT2D eigenvalue weighted by Gasteiger charge is -2.05. The summed E-state index contributed by atoms with van der Waals surface area (Å²) >= 11 is 1.78. The van der Waals surface area contributed by atoms with Gasteiger partial charge in [-0.05, 0) is 22.6 Å². The highest BCUT2D eigenvalue weighted by atomic mass is 32.1. The van der Waals surface area contributed by atoms with Crippen molar-refractivity contribution in [1.82, 2.24) is 5.32 Å². The van der Waals surface area contributed by atoms with Crippen molar-refractivity contribution in [3.63, 3.8) is 0 Å². The molecule has 2 nitrogen and oxygen atoms in total. The minimum Gasteiger partial charge on any atom is -0.352 e. The SMILES string of the molecule is CC(=O)NCc1c(-c2ccccc2)sc2ccccc12. The van der Waals surface area contributed by atoms with Crippen molar-refractivity contribution >= 4 is 27.3 Å². The highest BCUT2D eigenvalue weighted by Crippen LogP contribution is 2.38. The molecule has 1 heterocycles. The zero-order chi connectivity index (χ0) is 13.9. The lowest BCUT2D eigenvalue weighted by molar-refractivity contribution is -0.119. The lowest BCUT2D eigenvalue weighted by Crippen LogP contribution is -2.19. The summed E-state index contributed by atoms with van der Waals surface area (Å²) in [4.78, 5) is 12.5. The molecule has 1 amide bonds. The Hall–Kier alpha value is -2.13. The number of nitrogens with one attached hydrogen (secondary N) is 1. The van der Waals surface area contributed by atoms with Crippen molar-refractivity contribution in [3.8, 4) is 10.4 Å². The standard InChI is InChI=1S/C17H15NOS/c1-12(19)18-11-15-14-9-5-6-10-16(14)20-17(15)13-7-3-2-4-8-13/h2-10H,11H2,1H3,(H,18,19). The molecule has 0 aliphatic rings. The lowest BCUT2D eigenvalue weighted by atomic mass is 10.1. The number of carbonyl (C=O) groups is 1. The highest BCUT2D eigenvalue weighted by molar-refractivity contribution is 7.22. The highest BCUT2D eigenvalue weighted by Gasteiger charge is 2.13. The van der Waals surface area contributed by atoms with Gasteiger partial charge in [-0.1, -0.05) is 48.5 Å². The molecule has 0 saturated heterocycles. The van der Waals surface area contributed by atoms with E-state index in [0.29, 0.717) is 6.54 Å². The van der Waals surface area contributed by atoms with E-state index in [1.807, 2.05) is 24.3 Å². The van der Waals surface area contributed by atoms with Crippen molar-refractivity contribution in [2.75, 3.05) is 0 Å². The molecule has 100 valence electrons. The number of fused-ring (bicyclic) bond motifs is 1. The molecule has 0 radical (unpaired) electrons. The first-order valence-corrected chi connectivity index (χ1v) is 7.37. The van der Waals surface area contributed by atoms with Crippen LogP contribution >= 0.6 is 11.3 Å². The van der Waals surface area contributed by atoms with Crippen LogP contribution in [0.2, 0.25) is 0 Å². The Morgan fingerprint density at radius 2 is 1.75 bits per heavy atom. The van der Waals surface area contributed by atoms with Gasteiger partial charge < -0.3 is 5.32 Å². The summed E-state index contributed by atoms with van der Waals surface area (Å²) in [6.45, 7) is 2.13. The van der Waals surface area contributed by atoms with Gasteiger partial charge in [0.15, 0.2) is 0 Å². The largest absolute Gasteiger partial charge is 0.352 e. The third-order valence-electron chi connectivity index (χ3n) is 3.25. The quantitative estimate of drug-likeness (QED) is 0.765. The van der Waals surface area contributed by atoms with Crippen molar-refractivity contribution in [2.24, 2.45) is 0 Å². The second-order valence-electron chi connectivity index (χ2n) is 4.68. The molecule has 0 spiro atoms. The molecule has 20 heavy (non-hydrogen) atoms. The number of carbonyl (C=O) groups excluding carboxylic acids is 1. The maximum atomic E-state index is 11.2. The molecule has 0 aliphatic carbocycles. The molecule has 3 rings (SSSR count). The van der Waals surface area contributed by atoms with Crippen molar-refractivity contribution in [1.29, 1.82) is 0 Å². The Morgan fingerprint density at radius 1 is 1.05 bits per heavy atom. The summed E-state index contributed by atoms with van der Waals surface area (Å²) < 4.78 is 1.26. The molecule has 0 saturated carbocycles. The maximum Gasteiger partial charge on any atom is 0.217 e. The molecule has 0 atom stereocenters. The molecule has 2 aromatic carbocycles. The van der Waals surface area contributed by atoms with Gasteiger partial charge in [0.05, 0.1) is 0 Å². The third kappa shape index (κ3) is 2.45. The van der Waals surface area contributed by atoms with E-state index in [2.05, 4.69) is 35.6 Å². The van der Waals surface area contributed by atoms with Gasteiger partial charge in [-0.25, -0.2) is 0 Å². The average molecular weight is 281 g/mol. The predicted octanol–water partition coefficient (Wildman–Crippen LogP) is 4.20. The van der Waals surface area contributed by atoms with Crippen LogP contribution in [-0.4, -0.2) is 5.91 Å². The number of hydrogen-bond donors (Lipinski definition) is 1. The summed E-state index contributed by atoms with van der Waals surface area (Å²) in [5, 5.41) is 4.14. The van der Waals surface area contributed by atoms with Gasteiger partial charge in [0.1, 0.15) is 0 Å². The second kappa shape index (κ2) is 5.47. The van der Waals surface area contributed by atoms with E-state index in [9.17, 15) is 4.79 Å². The van der Waals surface area contributed by atoms with Gasteiger partial charge in [0, 0.05) is 23.0 Å². The van der Waals surface area contributed by atoms with Gasteiger partial charge in [0.2, 0.25) is 5.91 Å². The number of rotatable bonds is 3. The van der Waals surface area contributed by atoms with Gasteiger partial charge >= 0.3 is 0 Å². The molecule has 1 N–H and O–H groups in total. The van der Waals surface area contributed by atoms with E-state index in [4.69, 9.17) is 0 Å². The summed E-state index contributed by atoms with van der Waals surface area (Å²) in [5.41, 5.74) is 2.40. The molecule has 0 unspecified atom stereocenters. The van der Waals surface area contributed by atoms with Crippen LogP contribution in [0.5, 0.6) is 0 Å². The fourth-order valence-electron chi connectivity index (χ4n) is 2.31. The molecular weight excluding hydrogens is 266 g/mol. The van der Waals surface area contributed by atoms with E-state index in [0.717, 1.165) is 0 Å². The van der Waals surface area contributed by atoms with Crippen LogP contribution < -0.4 is 5.32 Å². The first-order chi connectivity index (χ1) is 9.75. The van der Waals surface area contributed by atoms with Crippen molar-refractivity contribution in [3.05, 3.63) is 60.2 Å². The second-order valence-corrected chi connectivity index (χ2v) is 5.73. The van der Waals surface area contributed by atoms with Crippen molar-refractivity contribution in [2.45, 2.75) is 13.5 Å². The first kappa shape index (κ1) is 12.9. The van der Waals surface area contributed by atoms with Gasteiger partial charge in [-0.15, -0.1) is 11.3 Å². The fourth-order valence-corrected chi connectivity index (χ4v) is 3.54. The molecule has 3 heteroatoms. The normalized spacial score (nSPS) is 10.7. The third-order valence-corrected chi connectivity index (χ3v) is 4.51. The zero-order valence-electron chi connectivity index (χ0n) is 11.2. The van der Waals surface area contributed by atoms with E-state index in [1.54, 1.807) is 18.3 Å². The Labute approximate surface area is 122 Å². The molecule has 0 bridgehead atoms. The van der Waals surface area contributed by atoms with Crippen LogP contribution in [0, 0.1) is 0 Å². The fraction of sp³-hybridized carbons (Fsp3) is 0.118. The first-order valence-electron chi connectivity index (χ1n) is 6.56. The van der Waals surface area contributed by atoms with Crippen LogP contribution in [0.3, 0.4) is 0 Å². The van der Waals surface area contributed by atoms with Crippen molar-refractivity contribution < 1.29 is 4.79 Å². The summed E-state index contributed by atoms with van der Waals surface area (Å²) in [6, 6.07) is 18.7. The number of benzene rings is 2. The van der Waals surface area contributed by atoms with Gasteiger partial charge in [-0.3, -0.25) is 4.79 Å². The van der Waals surface area contributed by atoms with E-state index < -0.39 is 0 Å². The smallest absolute Gasteiger partial charge is 0.217 e. The molecule has 3 aromatic rings. The van der Waals surface area contributed by atoms with Crippen LogP contribution in [-0.2, 0) is 11.3 Å². The van der Waals surface area contributed by atoms with E-state index >= 15 is 0 Å². The predicted molar refractivity (Wildman–Crippen MR) is 84.8 cm³/mol. The average Bonchev–Trinajstić information content (AvgIpc) is 2.84. The van der Waals surface area contributed by atoms with Gasteiger partial charge in [0.25, 0.3) is 0 Å². The zero-order valence-corrected chi connectivity index (χ0v) is 12.0.